The molecule has 8 atom stereocenters. The van der Waals surface area contributed by atoms with Crippen molar-refractivity contribution in [2.45, 2.75) is 130 Å². The first-order chi connectivity index (χ1) is 48.5. The number of amides is 10. The van der Waals surface area contributed by atoms with Gasteiger partial charge in [-0.15, -0.1) is 0 Å². The molecule has 0 unspecified atom stereocenters. The lowest BCUT2D eigenvalue weighted by molar-refractivity contribution is -0.147. The van der Waals surface area contributed by atoms with Crippen LogP contribution < -0.4 is 48.7 Å². The van der Waals surface area contributed by atoms with Crippen LogP contribution in [0.4, 0.5) is 8.78 Å². The van der Waals surface area contributed by atoms with Crippen LogP contribution >= 0.6 is 23.5 Å². The number of nitrogens with two attached hydrogens (primary N) is 2. The van der Waals surface area contributed by atoms with Gasteiger partial charge in [0, 0.05) is 115 Å². The van der Waals surface area contributed by atoms with Crippen molar-refractivity contribution in [1.82, 2.24) is 67.0 Å². The van der Waals surface area contributed by atoms with Crippen molar-refractivity contribution in [1.29, 1.82) is 0 Å². The second-order valence-electron chi connectivity index (χ2n) is 24.8. The molecule has 9 rings (SSSR count). The van der Waals surface area contributed by atoms with Crippen LogP contribution in [-0.2, 0) is 89.9 Å². The Kier molecular flexibility index (Phi) is 26.4. The minimum atomic E-state index is -1.99. The Morgan fingerprint density at radius 3 is 1.89 bits per heavy atom. The zero-order valence-corrected chi connectivity index (χ0v) is 56.8. The zero-order chi connectivity index (χ0) is 72.3. The van der Waals surface area contributed by atoms with Crippen LogP contribution in [0.25, 0.3) is 21.8 Å². The van der Waals surface area contributed by atoms with Gasteiger partial charge in [-0.2, -0.15) is 23.5 Å². The van der Waals surface area contributed by atoms with Crippen molar-refractivity contribution in [3.63, 3.8) is 0 Å². The predicted octanol–water partition coefficient (Wildman–Crippen LogP) is 2.13. The lowest BCUT2D eigenvalue weighted by atomic mass is 10.00. The van der Waals surface area contributed by atoms with E-state index in [-0.39, 0.29) is 73.2 Å². The van der Waals surface area contributed by atoms with Gasteiger partial charge in [0.25, 0.3) is 0 Å². The number of halogens is 2. The lowest BCUT2D eigenvalue weighted by Crippen LogP contribution is -2.61. The molecular formula is C69H81F2N15O13S2. The first-order valence-electron chi connectivity index (χ1n) is 32.9. The lowest BCUT2D eigenvalue weighted by Gasteiger charge is -2.32. The molecule has 0 aliphatic carbocycles. The number of aromatic amines is 3. The quantitative estimate of drug-likeness (QED) is 0.0654. The highest BCUT2D eigenvalue weighted by atomic mass is 32.2. The number of carbonyl (C=O) groups is 11. The van der Waals surface area contributed by atoms with Crippen molar-refractivity contribution in [2.24, 2.45) is 11.5 Å². The summed E-state index contributed by atoms with van der Waals surface area (Å²) < 4.78 is 29.9. The van der Waals surface area contributed by atoms with Gasteiger partial charge in [0.15, 0.2) is 0 Å². The van der Waals surface area contributed by atoms with Gasteiger partial charge in [0.05, 0.1) is 19.3 Å². The largest absolute Gasteiger partial charge is 0.508 e. The van der Waals surface area contributed by atoms with Crippen LogP contribution in [0.15, 0.2) is 110 Å². The highest BCUT2D eigenvalue weighted by Crippen LogP contribution is 2.27. The van der Waals surface area contributed by atoms with E-state index in [1.807, 2.05) is 24.3 Å². The Morgan fingerprint density at radius 1 is 0.653 bits per heavy atom. The SMILES string of the molecule is CN1C(=O)[C@H](Cc2c[nH]c3ccc(F)cc23)NC(=O)[C@H](Cc2c[nH]c3ccc(F)cc23)NC(=O)CNC(=O)[C@H](CCCCN)NC(=O)CCSCc2cccc(c2)CSC[C@@H](C(N)=O)NC(=O)[C@@H]2CCCN2C(=O)[C@H](Cc2ccc(O)cc2)NC(=O)[C@H](Cc2cnc[nH]2)NC(=O)[C@@H]1CC(=O)O. The number of fused-ring (bicyclic) bond motifs is 5. The number of carbonyl (C=O) groups excluding carboxylic acids is 10. The van der Waals surface area contributed by atoms with Crippen LogP contribution in [0.1, 0.15) is 78.5 Å². The predicted molar refractivity (Wildman–Crippen MR) is 372 cm³/mol. The molecule has 101 heavy (non-hydrogen) atoms. The number of hydrogen-bond acceptors (Lipinski definition) is 16. The molecule has 1 fully saturated rings. The summed E-state index contributed by atoms with van der Waals surface area (Å²) in [6.45, 7) is -0.407. The van der Waals surface area contributed by atoms with Gasteiger partial charge < -0.3 is 83.6 Å². The fourth-order valence-corrected chi connectivity index (χ4v) is 14.1. The number of phenolic OH excluding ortho intramolecular Hbond substituents is 1. The number of nitrogens with zero attached hydrogens (tertiary/aromatic N) is 3. The molecule has 32 heteroatoms. The molecule has 28 nitrogen and oxygen atoms in total. The summed E-state index contributed by atoms with van der Waals surface area (Å²) in [6.07, 6.45) is 4.60. The first kappa shape index (κ1) is 74.9. The molecule has 4 aromatic carbocycles. The third kappa shape index (κ3) is 20.9. The summed E-state index contributed by atoms with van der Waals surface area (Å²) in [5.74, 6) is -10.4. The Labute approximate surface area is 587 Å². The number of aromatic nitrogens is 4. The average molecular weight is 1430 g/mol. The Hall–Kier alpha value is -10.3. The van der Waals surface area contributed by atoms with Crippen LogP contribution in [0, 0.1) is 11.6 Å². The number of benzene rings is 4. The number of nitrogens with one attached hydrogen (secondary N) is 10. The van der Waals surface area contributed by atoms with E-state index in [9.17, 15) is 43.4 Å². The second-order valence-corrected chi connectivity index (χ2v) is 27.0. The maximum absolute atomic E-state index is 15.4. The minimum Gasteiger partial charge on any atom is -0.508 e. The Bertz CT molecular complexity index is 4140. The molecule has 0 saturated carbocycles. The fraction of sp³-hybridized carbons (Fsp3) is 0.391. The third-order valence-corrected chi connectivity index (χ3v) is 19.6. The van der Waals surface area contributed by atoms with Crippen LogP contribution in [-0.4, -0.2) is 192 Å². The van der Waals surface area contributed by atoms with Crippen molar-refractivity contribution < 1.29 is 71.7 Å². The highest BCUT2D eigenvalue weighted by molar-refractivity contribution is 7.98. The maximum atomic E-state index is 15.4. The van der Waals surface area contributed by atoms with E-state index in [0.29, 0.717) is 70.6 Å². The van der Waals surface area contributed by atoms with Gasteiger partial charge in [-0.25, -0.2) is 13.8 Å². The number of rotatable bonds is 15. The molecule has 5 heterocycles. The second kappa shape index (κ2) is 35.6. The number of carboxylic acid groups (broad SMARTS) is 1. The summed E-state index contributed by atoms with van der Waals surface area (Å²) in [7, 11) is 1.08. The molecule has 1 saturated heterocycles. The number of primary amides is 1. The number of aromatic hydroxyl groups is 1. The van der Waals surface area contributed by atoms with Crippen molar-refractivity contribution in [3.05, 3.63) is 155 Å². The van der Waals surface area contributed by atoms with E-state index < -0.39 is 144 Å². The molecule has 3 aromatic heterocycles. The number of imidazole rings is 1. The average Bonchev–Trinajstić information content (AvgIpc) is 1.73. The smallest absolute Gasteiger partial charge is 0.305 e. The van der Waals surface area contributed by atoms with Gasteiger partial charge in [-0.05, 0) is 115 Å². The molecular weight excluding hydrogens is 1350 g/mol. The number of carboxylic acids is 1. The number of thioether (sulfide) groups is 2. The maximum Gasteiger partial charge on any atom is 0.305 e. The zero-order valence-electron chi connectivity index (χ0n) is 55.2. The van der Waals surface area contributed by atoms with Crippen molar-refractivity contribution in [3.8, 4) is 5.75 Å². The molecule has 16 N–H and O–H groups in total. The Balaban J connectivity index is 1.06. The molecule has 2 bridgehead atoms. The summed E-state index contributed by atoms with van der Waals surface area (Å²) in [5, 5.41) is 39.9. The van der Waals surface area contributed by atoms with E-state index in [2.05, 4.69) is 57.2 Å². The summed E-state index contributed by atoms with van der Waals surface area (Å²) in [6, 6.07) is 8.99. The normalized spacial score (nSPS) is 22.1. The minimum absolute atomic E-state index is 0.0108. The van der Waals surface area contributed by atoms with Crippen LogP contribution in [0.2, 0.25) is 0 Å². The number of hydrogen-bond donors (Lipinski definition) is 14. The number of unbranched alkanes of at least 4 members (excludes halogenated alkanes) is 1. The van der Waals surface area contributed by atoms with Gasteiger partial charge in [-0.1, -0.05) is 36.4 Å². The van der Waals surface area contributed by atoms with E-state index in [1.165, 1.54) is 114 Å². The van der Waals surface area contributed by atoms with Gasteiger partial charge in [0.1, 0.15) is 65.7 Å². The summed E-state index contributed by atoms with van der Waals surface area (Å²) in [4.78, 5) is 172. The molecule has 2 aliphatic rings. The number of H-pyrrole nitrogens is 3. The van der Waals surface area contributed by atoms with Gasteiger partial charge >= 0.3 is 5.97 Å². The number of likely N-dealkylation sites (N-methyl/N-ethyl adjacent to an activating group) is 1. The van der Waals surface area contributed by atoms with Crippen LogP contribution in [0.3, 0.4) is 0 Å². The van der Waals surface area contributed by atoms with Gasteiger partial charge in [0.2, 0.25) is 59.1 Å². The summed E-state index contributed by atoms with van der Waals surface area (Å²) in [5.41, 5.74) is 15.6. The van der Waals surface area contributed by atoms with E-state index in [0.717, 1.165) is 23.1 Å². The van der Waals surface area contributed by atoms with Gasteiger partial charge in [-0.3, -0.25) is 52.7 Å². The van der Waals surface area contributed by atoms with Crippen molar-refractivity contribution in [2.75, 3.05) is 38.2 Å². The molecule has 0 radical (unpaired) electrons. The monoisotopic (exact) mass is 1430 g/mol. The van der Waals surface area contributed by atoms with Crippen molar-refractivity contribution >= 4 is 110 Å². The molecule has 0 spiro atoms. The van der Waals surface area contributed by atoms with E-state index in [1.54, 1.807) is 0 Å². The molecule has 2 aliphatic heterocycles. The third-order valence-electron chi connectivity index (χ3n) is 17.5. The van der Waals surface area contributed by atoms with E-state index in [4.69, 9.17) is 11.5 Å². The number of phenols is 1. The topological polar surface area (TPSA) is 431 Å². The molecule has 7 aromatic rings. The molecule has 536 valence electrons. The fourth-order valence-electron chi connectivity index (χ4n) is 12.2. The Morgan fingerprint density at radius 2 is 1.27 bits per heavy atom. The summed E-state index contributed by atoms with van der Waals surface area (Å²) >= 11 is 2.79. The van der Waals surface area contributed by atoms with Crippen LogP contribution in [0.5, 0.6) is 5.75 Å². The number of aliphatic carboxylic acids is 1. The van der Waals surface area contributed by atoms with E-state index >= 15 is 28.4 Å². The highest BCUT2D eigenvalue weighted by Gasteiger charge is 2.42. The first-order valence-corrected chi connectivity index (χ1v) is 35.2. The molecule has 10 amide bonds. The standard InChI is InChI=1S/C69H81F2N15O13S2/c1-85-58(29-61(90)91)67(97)81-53(28-45-32-74-37-78-45)65(95)82-54(23-38-10-14-46(87)15-11-38)69(99)86-20-5-9-57(86)66(96)84-56(62(73)92)36-101-35-40-7-4-6-39(22-40)34-100-21-18-59(88)79-51(8-2-3-19-72)63(93)77-33-60(89)80-52(24-41-30-75-49-16-12-43(70)26-47(41)49)64(94)83-55(68(85)98)25-42-31-76-50-17-13-44(71)27-48(42)50/h4,6-7,10-17,22,26-27,30-32,37,51-58,75-76,87H,2-3,5,8-9,18-21,23-25,28-29,33-36,72H2,1H3,(H2,73,92)(H,74,78)(H,77,93)(H,79,88)(H,80,89)(H,81,97)(H,82,95)(H,83,94)(H,84,96)(H,90,91)/t51-,52-,53-,54-,55-,56-,57-,58-/m0/s1.